The van der Waals surface area contributed by atoms with Crippen molar-refractivity contribution in [3.8, 4) is 5.75 Å². The molecule has 0 unspecified atom stereocenters. The minimum absolute atomic E-state index is 0.129. The first kappa shape index (κ1) is 13.9. The van der Waals surface area contributed by atoms with Gasteiger partial charge in [-0.15, -0.1) is 0 Å². The molecule has 1 heterocycles. The molecule has 1 aromatic heterocycles. The largest absolute Gasteiger partial charge is 0.496 e. The fourth-order valence-corrected chi connectivity index (χ4v) is 2.00. The normalized spacial score (nSPS) is 10.1. The number of hydrogen-bond acceptors (Lipinski definition) is 4. The van der Waals surface area contributed by atoms with Crippen molar-refractivity contribution < 1.29 is 9.53 Å². The summed E-state index contributed by atoms with van der Waals surface area (Å²) in [5.41, 5.74) is 7.55. The van der Waals surface area contributed by atoms with Crippen molar-refractivity contribution >= 4 is 17.3 Å². The molecule has 2 N–H and O–H groups in total. The van der Waals surface area contributed by atoms with Crippen molar-refractivity contribution in [2.45, 2.75) is 6.92 Å². The van der Waals surface area contributed by atoms with E-state index in [9.17, 15) is 4.79 Å². The van der Waals surface area contributed by atoms with Gasteiger partial charge in [-0.05, 0) is 31.2 Å². The van der Waals surface area contributed by atoms with Gasteiger partial charge in [0.2, 0.25) is 0 Å². The van der Waals surface area contributed by atoms with E-state index in [0.717, 1.165) is 5.69 Å². The highest BCUT2D eigenvalue weighted by Crippen LogP contribution is 2.25. The highest BCUT2D eigenvalue weighted by Gasteiger charge is 2.19. The van der Waals surface area contributed by atoms with Crippen LogP contribution in [0.25, 0.3) is 0 Å². The summed E-state index contributed by atoms with van der Waals surface area (Å²) in [6.07, 6.45) is 3.32. The second-order valence-electron chi connectivity index (χ2n) is 4.21. The summed E-state index contributed by atoms with van der Waals surface area (Å²) < 4.78 is 5.24. The minimum Gasteiger partial charge on any atom is -0.496 e. The first-order valence-corrected chi connectivity index (χ1v) is 6.32. The quantitative estimate of drug-likeness (QED) is 0.867. The average Bonchev–Trinajstić information content (AvgIpc) is 2.48. The Kier molecular flexibility index (Phi) is 4.20. The Balaban J connectivity index is 2.39. The van der Waals surface area contributed by atoms with Gasteiger partial charge >= 0.3 is 0 Å². The number of nitrogen functional groups attached to an aromatic ring is 1. The van der Waals surface area contributed by atoms with E-state index in [0.29, 0.717) is 23.5 Å². The lowest BCUT2D eigenvalue weighted by Crippen LogP contribution is -2.30. The van der Waals surface area contributed by atoms with Crippen molar-refractivity contribution in [1.29, 1.82) is 0 Å². The van der Waals surface area contributed by atoms with Crippen LogP contribution in [0.5, 0.6) is 5.75 Å². The maximum Gasteiger partial charge on any atom is 0.262 e. The highest BCUT2D eigenvalue weighted by molar-refractivity contribution is 6.08. The van der Waals surface area contributed by atoms with E-state index >= 15 is 0 Å². The molecule has 5 nitrogen and oxygen atoms in total. The number of nitrogens with two attached hydrogens (primary N) is 1. The second-order valence-corrected chi connectivity index (χ2v) is 4.21. The van der Waals surface area contributed by atoms with Gasteiger partial charge in [0, 0.05) is 36.4 Å². The number of hydrogen-bond donors (Lipinski definition) is 1. The van der Waals surface area contributed by atoms with Crippen LogP contribution in [0.15, 0.2) is 42.7 Å². The third kappa shape index (κ3) is 2.71. The second kappa shape index (κ2) is 6.06. The molecular weight excluding hydrogens is 254 g/mol. The summed E-state index contributed by atoms with van der Waals surface area (Å²) in [5, 5.41) is 0. The Morgan fingerprint density at radius 2 is 2.00 bits per heavy atom. The Bertz CT molecular complexity index is 599. The molecule has 2 aromatic rings. The number of benzene rings is 1. The molecule has 2 rings (SSSR count). The fourth-order valence-electron chi connectivity index (χ4n) is 2.00. The van der Waals surface area contributed by atoms with Gasteiger partial charge in [0.15, 0.2) is 0 Å². The molecule has 0 fully saturated rings. The SMILES string of the molecule is CCN(C(=O)c1ccc(N)cc1OC)c1ccncc1. The molecule has 104 valence electrons. The van der Waals surface area contributed by atoms with Gasteiger partial charge in [-0.1, -0.05) is 0 Å². The van der Waals surface area contributed by atoms with Crippen molar-refractivity contribution in [2.75, 3.05) is 24.3 Å². The van der Waals surface area contributed by atoms with Crippen LogP contribution in [0.4, 0.5) is 11.4 Å². The van der Waals surface area contributed by atoms with E-state index < -0.39 is 0 Å². The Morgan fingerprint density at radius 3 is 2.60 bits per heavy atom. The predicted octanol–water partition coefficient (Wildman–Crippen LogP) is 2.34. The van der Waals surface area contributed by atoms with Gasteiger partial charge in [-0.25, -0.2) is 0 Å². The van der Waals surface area contributed by atoms with Crippen molar-refractivity contribution in [2.24, 2.45) is 0 Å². The maximum atomic E-state index is 12.7. The van der Waals surface area contributed by atoms with Crippen LogP contribution in [-0.2, 0) is 0 Å². The van der Waals surface area contributed by atoms with Gasteiger partial charge in [0.25, 0.3) is 5.91 Å². The smallest absolute Gasteiger partial charge is 0.262 e. The number of carbonyl (C=O) groups excluding carboxylic acids is 1. The predicted molar refractivity (Wildman–Crippen MR) is 79.0 cm³/mol. The number of carbonyl (C=O) groups is 1. The number of methoxy groups -OCH3 is 1. The third-order valence-electron chi connectivity index (χ3n) is 2.99. The minimum atomic E-state index is -0.129. The number of nitrogens with zero attached hydrogens (tertiary/aromatic N) is 2. The third-order valence-corrected chi connectivity index (χ3v) is 2.99. The van der Waals surface area contributed by atoms with Crippen LogP contribution in [0.2, 0.25) is 0 Å². The van der Waals surface area contributed by atoms with E-state index in [-0.39, 0.29) is 5.91 Å². The summed E-state index contributed by atoms with van der Waals surface area (Å²) in [6, 6.07) is 8.61. The van der Waals surface area contributed by atoms with Crippen LogP contribution in [0.1, 0.15) is 17.3 Å². The molecule has 0 saturated carbocycles. The Morgan fingerprint density at radius 1 is 1.30 bits per heavy atom. The van der Waals surface area contributed by atoms with E-state index in [1.807, 2.05) is 6.92 Å². The van der Waals surface area contributed by atoms with E-state index in [1.165, 1.54) is 7.11 Å². The summed E-state index contributed by atoms with van der Waals surface area (Å²) >= 11 is 0. The van der Waals surface area contributed by atoms with Crippen LogP contribution in [0.3, 0.4) is 0 Å². The average molecular weight is 271 g/mol. The summed E-state index contributed by atoms with van der Waals surface area (Å²) in [6.45, 7) is 2.47. The van der Waals surface area contributed by atoms with Gasteiger partial charge in [-0.2, -0.15) is 0 Å². The van der Waals surface area contributed by atoms with Gasteiger partial charge in [0.1, 0.15) is 5.75 Å². The lowest BCUT2D eigenvalue weighted by Gasteiger charge is -2.22. The number of rotatable bonds is 4. The van der Waals surface area contributed by atoms with Crippen molar-refractivity contribution in [3.63, 3.8) is 0 Å². The molecule has 0 bridgehead atoms. The Hall–Kier alpha value is -2.56. The number of pyridine rings is 1. The molecule has 0 radical (unpaired) electrons. The van der Waals surface area contributed by atoms with Crippen LogP contribution >= 0.6 is 0 Å². The van der Waals surface area contributed by atoms with E-state index in [4.69, 9.17) is 10.5 Å². The maximum absolute atomic E-state index is 12.7. The molecular formula is C15H17N3O2. The summed E-state index contributed by atoms with van der Waals surface area (Å²) in [5.74, 6) is 0.345. The zero-order valence-electron chi connectivity index (χ0n) is 11.5. The van der Waals surface area contributed by atoms with Crippen molar-refractivity contribution in [3.05, 3.63) is 48.3 Å². The zero-order chi connectivity index (χ0) is 14.5. The van der Waals surface area contributed by atoms with Crippen LogP contribution in [0, 0.1) is 0 Å². The zero-order valence-corrected chi connectivity index (χ0v) is 11.5. The van der Waals surface area contributed by atoms with Gasteiger partial charge < -0.3 is 15.4 Å². The fraction of sp³-hybridized carbons (Fsp3) is 0.200. The van der Waals surface area contributed by atoms with Crippen LogP contribution in [-0.4, -0.2) is 24.5 Å². The lowest BCUT2D eigenvalue weighted by molar-refractivity contribution is 0.0985. The van der Waals surface area contributed by atoms with E-state index in [1.54, 1.807) is 47.6 Å². The van der Waals surface area contributed by atoms with Crippen molar-refractivity contribution in [1.82, 2.24) is 4.98 Å². The lowest BCUT2D eigenvalue weighted by atomic mass is 10.1. The molecule has 0 saturated heterocycles. The molecule has 0 aliphatic heterocycles. The molecule has 0 atom stereocenters. The number of anilines is 2. The number of aromatic nitrogens is 1. The van der Waals surface area contributed by atoms with Gasteiger partial charge in [0.05, 0.1) is 12.7 Å². The number of amides is 1. The Labute approximate surface area is 118 Å². The molecule has 5 heteroatoms. The first-order chi connectivity index (χ1) is 9.67. The molecule has 20 heavy (non-hydrogen) atoms. The summed E-state index contributed by atoms with van der Waals surface area (Å²) in [4.78, 5) is 18.3. The monoisotopic (exact) mass is 271 g/mol. The standard InChI is InChI=1S/C15H17N3O2/c1-3-18(12-6-8-17-9-7-12)15(19)13-5-4-11(16)10-14(13)20-2/h4-10H,3,16H2,1-2H3. The molecule has 1 amide bonds. The summed E-state index contributed by atoms with van der Waals surface area (Å²) in [7, 11) is 1.52. The highest BCUT2D eigenvalue weighted by atomic mass is 16.5. The van der Waals surface area contributed by atoms with E-state index in [2.05, 4.69) is 4.98 Å². The van der Waals surface area contributed by atoms with Gasteiger partial charge in [-0.3, -0.25) is 9.78 Å². The topological polar surface area (TPSA) is 68.5 Å². The molecule has 0 aliphatic carbocycles. The van der Waals surface area contributed by atoms with Crippen LogP contribution < -0.4 is 15.4 Å². The molecule has 1 aromatic carbocycles. The molecule has 0 aliphatic rings. The first-order valence-electron chi connectivity index (χ1n) is 6.32. The number of ether oxygens (including phenoxy) is 1. The molecule has 0 spiro atoms.